The summed E-state index contributed by atoms with van der Waals surface area (Å²) in [5.74, 6) is 0. The topological polar surface area (TPSA) is 101 Å². The average Bonchev–Trinajstić information content (AvgIpc) is 2.94. The summed E-state index contributed by atoms with van der Waals surface area (Å²) >= 11 is 1.23. The van der Waals surface area contributed by atoms with Gasteiger partial charge in [0.2, 0.25) is 0 Å². The quantitative estimate of drug-likeness (QED) is 0.927. The molecule has 7 nitrogen and oxygen atoms in total. The summed E-state index contributed by atoms with van der Waals surface area (Å²) in [6.45, 7) is 7.17. The minimum absolute atomic E-state index is 0.414. The molecule has 2 aromatic heterocycles. The molecule has 1 unspecified atom stereocenters. The number of hydrogen-bond acceptors (Lipinski definition) is 7. The molecule has 1 amide bonds. The van der Waals surface area contributed by atoms with Gasteiger partial charge in [0, 0.05) is 12.4 Å². The van der Waals surface area contributed by atoms with Crippen molar-refractivity contribution in [3.05, 3.63) is 29.2 Å². The van der Waals surface area contributed by atoms with Crippen LogP contribution in [0.3, 0.4) is 0 Å². The number of ether oxygens (including phenoxy) is 1. The molecule has 0 aliphatic heterocycles. The molecule has 0 aliphatic rings. The van der Waals surface area contributed by atoms with Crippen molar-refractivity contribution < 1.29 is 9.53 Å². The molecule has 0 radical (unpaired) electrons. The fourth-order valence-electron chi connectivity index (χ4n) is 1.82. The van der Waals surface area contributed by atoms with Gasteiger partial charge in [-0.1, -0.05) is 0 Å². The van der Waals surface area contributed by atoms with E-state index in [9.17, 15) is 4.79 Å². The van der Waals surface area contributed by atoms with E-state index < -0.39 is 17.7 Å². The lowest BCUT2D eigenvalue weighted by Gasteiger charge is -2.22. The lowest BCUT2D eigenvalue weighted by Crippen LogP contribution is -2.34. The summed E-state index contributed by atoms with van der Waals surface area (Å²) in [5.41, 5.74) is 0.534. The molecule has 0 aromatic carbocycles. The first-order chi connectivity index (χ1) is 10.8. The third kappa shape index (κ3) is 4.47. The molecule has 0 spiro atoms. The second-order valence-electron chi connectivity index (χ2n) is 5.80. The van der Waals surface area contributed by atoms with Crippen LogP contribution in [0.25, 0.3) is 10.7 Å². The number of nitrogens with zero attached hydrogens (tertiary/aromatic N) is 4. The number of carbonyl (C=O) groups is 1. The Morgan fingerprint density at radius 2 is 2.04 bits per heavy atom. The van der Waals surface area contributed by atoms with Crippen molar-refractivity contribution in [2.24, 2.45) is 0 Å². The highest BCUT2D eigenvalue weighted by Crippen LogP contribution is 2.28. The number of carbonyl (C=O) groups excluding carboxylic acids is 1. The van der Waals surface area contributed by atoms with Crippen molar-refractivity contribution in [2.75, 3.05) is 0 Å². The Labute approximate surface area is 138 Å². The van der Waals surface area contributed by atoms with E-state index in [4.69, 9.17) is 10.00 Å². The first kappa shape index (κ1) is 16.8. The van der Waals surface area contributed by atoms with Crippen LogP contribution in [-0.4, -0.2) is 26.6 Å². The van der Waals surface area contributed by atoms with Crippen LogP contribution >= 0.6 is 11.3 Å². The Balaban J connectivity index is 2.23. The molecule has 1 N–H and O–H groups in total. The summed E-state index contributed by atoms with van der Waals surface area (Å²) in [6, 6.07) is 1.63. The highest BCUT2D eigenvalue weighted by atomic mass is 32.1. The smallest absolute Gasteiger partial charge is 0.408 e. The van der Waals surface area contributed by atoms with Gasteiger partial charge in [-0.05, 0) is 27.7 Å². The van der Waals surface area contributed by atoms with Crippen LogP contribution in [0.15, 0.2) is 18.6 Å². The fraction of sp³-hybridized carbons (Fsp3) is 0.400. The molecule has 0 saturated carbocycles. The Kier molecular flexibility index (Phi) is 4.91. The van der Waals surface area contributed by atoms with Gasteiger partial charge >= 0.3 is 6.09 Å². The molecule has 2 aromatic rings. The second-order valence-corrected chi connectivity index (χ2v) is 6.83. The third-order valence-corrected chi connectivity index (χ3v) is 3.60. The van der Waals surface area contributed by atoms with Gasteiger partial charge in [0.15, 0.2) is 0 Å². The fourth-order valence-corrected chi connectivity index (χ4v) is 2.54. The van der Waals surface area contributed by atoms with E-state index in [0.717, 1.165) is 0 Å². The number of thiazole rings is 1. The van der Waals surface area contributed by atoms with E-state index in [2.05, 4.69) is 20.3 Å². The molecule has 1 atom stereocenters. The first-order valence-electron chi connectivity index (χ1n) is 6.97. The summed E-state index contributed by atoms with van der Waals surface area (Å²) in [5, 5.41) is 12.2. The number of hydrogen-bond donors (Lipinski definition) is 1. The number of aromatic nitrogens is 3. The molecule has 2 heterocycles. The zero-order valence-electron chi connectivity index (χ0n) is 13.3. The maximum Gasteiger partial charge on any atom is 0.408 e. The largest absolute Gasteiger partial charge is 0.444 e. The van der Waals surface area contributed by atoms with Crippen LogP contribution in [-0.2, 0) is 4.74 Å². The first-order valence-corrected chi connectivity index (χ1v) is 7.78. The molecular weight excluding hydrogens is 314 g/mol. The van der Waals surface area contributed by atoms with E-state index >= 15 is 0 Å². The number of rotatable bonds is 3. The van der Waals surface area contributed by atoms with Crippen LogP contribution in [0.5, 0.6) is 0 Å². The van der Waals surface area contributed by atoms with Crippen LogP contribution in [0, 0.1) is 11.3 Å². The molecule has 2 rings (SSSR count). The maximum absolute atomic E-state index is 11.9. The zero-order chi connectivity index (χ0) is 17.0. The van der Waals surface area contributed by atoms with E-state index in [-0.39, 0.29) is 0 Å². The molecular formula is C15H17N5O2S. The van der Waals surface area contributed by atoms with Gasteiger partial charge in [-0.25, -0.2) is 9.78 Å². The molecule has 0 bridgehead atoms. The highest BCUT2D eigenvalue weighted by molar-refractivity contribution is 7.15. The second kappa shape index (κ2) is 6.71. The molecule has 0 saturated heterocycles. The van der Waals surface area contributed by atoms with Crippen LogP contribution in [0.4, 0.5) is 4.79 Å². The van der Waals surface area contributed by atoms with Gasteiger partial charge in [0.25, 0.3) is 0 Å². The molecule has 0 fully saturated rings. The van der Waals surface area contributed by atoms with Gasteiger partial charge < -0.3 is 10.1 Å². The van der Waals surface area contributed by atoms with Crippen LogP contribution in [0.1, 0.15) is 44.3 Å². The van der Waals surface area contributed by atoms with Crippen molar-refractivity contribution in [1.29, 1.82) is 5.26 Å². The number of amides is 1. The number of nitrogens with one attached hydrogen (secondary N) is 1. The average molecular weight is 331 g/mol. The lowest BCUT2D eigenvalue weighted by atomic mass is 10.2. The van der Waals surface area contributed by atoms with E-state index in [0.29, 0.717) is 21.3 Å². The maximum atomic E-state index is 11.9. The Hall–Kier alpha value is -2.53. The Morgan fingerprint density at radius 3 is 2.65 bits per heavy atom. The van der Waals surface area contributed by atoms with E-state index in [1.807, 2.05) is 6.07 Å². The van der Waals surface area contributed by atoms with Gasteiger partial charge in [0.05, 0.1) is 17.9 Å². The van der Waals surface area contributed by atoms with E-state index in [1.165, 1.54) is 17.5 Å². The minimum atomic E-state index is -0.577. The van der Waals surface area contributed by atoms with Crippen molar-refractivity contribution in [3.8, 4) is 16.8 Å². The summed E-state index contributed by atoms with van der Waals surface area (Å²) < 4.78 is 5.24. The summed E-state index contributed by atoms with van der Waals surface area (Å²) in [7, 11) is 0. The Bertz CT molecular complexity index is 745. The predicted octanol–water partition coefficient (Wildman–Crippen LogP) is 3.06. The summed E-state index contributed by atoms with van der Waals surface area (Å²) in [6.07, 6.45) is 4.06. The SMILES string of the molecule is CC(NC(=O)OC(C)(C)C)c1nccnc1-c1ncc(C#N)s1. The van der Waals surface area contributed by atoms with Crippen molar-refractivity contribution in [1.82, 2.24) is 20.3 Å². The van der Waals surface area contributed by atoms with E-state index in [1.54, 1.807) is 40.1 Å². The molecule has 120 valence electrons. The lowest BCUT2D eigenvalue weighted by molar-refractivity contribution is 0.0507. The van der Waals surface area contributed by atoms with Gasteiger partial charge in [-0.15, -0.1) is 11.3 Å². The standard InChI is InChI=1S/C15H17N5O2S/c1-9(20-14(21)22-15(2,3)4)11-12(18-6-5-17-11)13-19-8-10(7-16)23-13/h5-6,8-9H,1-4H3,(H,20,21). The van der Waals surface area contributed by atoms with Crippen molar-refractivity contribution in [3.63, 3.8) is 0 Å². The van der Waals surface area contributed by atoms with Crippen molar-refractivity contribution in [2.45, 2.75) is 39.3 Å². The number of alkyl carbamates (subject to hydrolysis) is 1. The monoisotopic (exact) mass is 331 g/mol. The van der Waals surface area contributed by atoms with Crippen molar-refractivity contribution >= 4 is 17.4 Å². The van der Waals surface area contributed by atoms with Crippen LogP contribution in [0.2, 0.25) is 0 Å². The Morgan fingerprint density at radius 1 is 1.35 bits per heavy atom. The zero-order valence-corrected chi connectivity index (χ0v) is 14.1. The molecule has 0 aliphatic carbocycles. The predicted molar refractivity (Wildman–Crippen MR) is 85.6 cm³/mol. The minimum Gasteiger partial charge on any atom is -0.444 e. The van der Waals surface area contributed by atoms with Gasteiger partial charge in [-0.2, -0.15) is 5.26 Å². The molecule has 8 heteroatoms. The summed E-state index contributed by atoms with van der Waals surface area (Å²) in [4.78, 5) is 25.2. The highest BCUT2D eigenvalue weighted by Gasteiger charge is 2.22. The van der Waals surface area contributed by atoms with Crippen LogP contribution < -0.4 is 5.32 Å². The van der Waals surface area contributed by atoms with Gasteiger partial charge in [0.1, 0.15) is 27.2 Å². The normalized spacial score (nSPS) is 12.3. The third-order valence-electron chi connectivity index (χ3n) is 2.69. The molecule has 23 heavy (non-hydrogen) atoms. The van der Waals surface area contributed by atoms with Gasteiger partial charge in [-0.3, -0.25) is 9.97 Å². The number of nitriles is 1.